The van der Waals surface area contributed by atoms with Crippen molar-refractivity contribution >= 4 is 39.4 Å². The van der Waals surface area contributed by atoms with E-state index in [0.29, 0.717) is 34.5 Å². The lowest BCUT2D eigenvalue weighted by atomic mass is 10.1. The number of benzene rings is 3. The Hall–Kier alpha value is -4.42. The lowest BCUT2D eigenvalue weighted by Gasteiger charge is -2.35. The fourth-order valence-corrected chi connectivity index (χ4v) is 5.93. The van der Waals surface area contributed by atoms with Crippen LogP contribution in [0.25, 0.3) is 11.1 Å². The predicted octanol–water partition coefficient (Wildman–Crippen LogP) is 6.32. The molecular formula is C32H42N6O5S. The first-order chi connectivity index (χ1) is 20.4. The van der Waals surface area contributed by atoms with Crippen LogP contribution in [0.5, 0.6) is 0 Å². The van der Waals surface area contributed by atoms with Crippen LogP contribution < -0.4 is 20.8 Å². The number of hydrogen-bond acceptors (Lipinski definition) is 6. The number of anilines is 2. The SMILES string of the molecule is CCCN(C(=O)Nc1ccc(-c2ccccc2S(=O)(=O)NC(C)(C)C)cc1)N(C(=O)OC(C)(C)C)c1cccc(C(=N)N)c1. The molecule has 0 atom stereocenters. The molecule has 3 aromatic rings. The first-order valence-corrected chi connectivity index (χ1v) is 15.7. The van der Waals surface area contributed by atoms with E-state index in [4.69, 9.17) is 15.9 Å². The molecule has 236 valence electrons. The molecular weight excluding hydrogens is 580 g/mol. The lowest BCUT2D eigenvalue weighted by molar-refractivity contribution is 0.0492. The number of carbonyl (C=O) groups excluding carboxylic acids is 2. The minimum absolute atomic E-state index is 0.140. The van der Waals surface area contributed by atoms with Gasteiger partial charge in [-0.3, -0.25) is 5.41 Å². The number of nitrogens with two attached hydrogens (primary N) is 1. The number of rotatable bonds is 8. The van der Waals surface area contributed by atoms with Crippen molar-refractivity contribution in [2.75, 3.05) is 16.9 Å². The largest absolute Gasteiger partial charge is 0.442 e. The number of nitrogens with one attached hydrogen (secondary N) is 3. The zero-order valence-corrected chi connectivity index (χ0v) is 27.1. The van der Waals surface area contributed by atoms with Gasteiger partial charge in [0.2, 0.25) is 10.0 Å². The van der Waals surface area contributed by atoms with E-state index in [1.54, 1.807) is 108 Å². The molecule has 0 aliphatic heterocycles. The van der Waals surface area contributed by atoms with Crippen molar-refractivity contribution in [2.24, 2.45) is 5.73 Å². The Kier molecular flexibility index (Phi) is 10.4. The van der Waals surface area contributed by atoms with E-state index < -0.39 is 33.3 Å². The van der Waals surface area contributed by atoms with E-state index in [1.807, 2.05) is 6.92 Å². The number of hydrazine groups is 1. The highest BCUT2D eigenvalue weighted by Gasteiger charge is 2.32. The quantitative estimate of drug-likeness (QED) is 0.131. The molecule has 0 heterocycles. The molecule has 0 fully saturated rings. The van der Waals surface area contributed by atoms with Crippen LogP contribution in [0.1, 0.15) is 60.5 Å². The fraction of sp³-hybridized carbons (Fsp3) is 0.344. The minimum Gasteiger partial charge on any atom is -0.442 e. The molecule has 0 unspecified atom stereocenters. The van der Waals surface area contributed by atoms with Crippen LogP contribution in [-0.2, 0) is 14.8 Å². The molecule has 5 N–H and O–H groups in total. The van der Waals surface area contributed by atoms with Crippen LogP contribution in [0.3, 0.4) is 0 Å². The summed E-state index contributed by atoms with van der Waals surface area (Å²) in [7, 11) is -3.81. The van der Waals surface area contributed by atoms with Crippen LogP contribution >= 0.6 is 0 Å². The van der Waals surface area contributed by atoms with Crippen LogP contribution in [-0.4, -0.2) is 49.1 Å². The van der Waals surface area contributed by atoms with Gasteiger partial charge in [0.25, 0.3) is 0 Å². The summed E-state index contributed by atoms with van der Waals surface area (Å²) in [5.41, 5.74) is 6.44. The molecule has 0 spiro atoms. The third kappa shape index (κ3) is 9.04. The summed E-state index contributed by atoms with van der Waals surface area (Å²) in [6, 6.07) is 19.3. The molecule has 0 saturated carbocycles. The number of amidine groups is 1. The van der Waals surface area contributed by atoms with Crippen molar-refractivity contribution in [2.45, 2.75) is 70.9 Å². The summed E-state index contributed by atoms with van der Waals surface area (Å²) >= 11 is 0. The third-order valence-corrected chi connectivity index (χ3v) is 7.76. The van der Waals surface area contributed by atoms with Gasteiger partial charge in [0, 0.05) is 28.9 Å². The van der Waals surface area contributed by atoms with Gasteiger partial charge in [-0.2, -0.15) is 5.01 Å². The summed E-state index contributed by atoms with van der Waals surface area (Å²) in [6.07, 6.45) is -0.259. The Morgan fingerprint density at radius 3 is 2.14 bits per heavy atom. The second-order valence-electron chi connectivity index (χ2n) is 12.2. The second-order valence-corrected chi connectivity index (χ2v) is 13.9. The smallest absolute Gasteiger partial charge is 0.434 e. The molecule has 3 aromatic carbocycles. The van der Waals surface area contributed by atoms with E-state index in [9.17, 15) is 18.0 Å². The highest BCUT2D eigenvalue weighted by Crippen LogP contribution is 2.29. The summed E-state index contributed by atoms with van der Waals surface area (Å²) in [5, 5.41) is 13.0. The molecule has 0 aromatic heterocycles. The second kappa shape index (κ2) is 13.5. The van der Waals surface area contributed by atoms with Gasteiger partial charge in [-0.1, -0.05) is 49.4 Å². The van der Waals surface area contributed by atoms with Gasteiger partial charge in [0.15, 0.2) is 0 Å². The molecule has 3 rings (SSSR count). The molecule has 12 heteroatoms. The molecule has 0 saturated heterocycles. The number of sulfonamides is 1. The monoisotopic (exact) mass is 622 g/mol. The first kappa shape index (κ1) is 34.1. The van der Waals surface area contributed by atoms with Gasteiger partial charge >= 0.3 is 12.1 Å². The van der Waals surface area contributed by atoms with Crippen molar-refractivity contribution in [1.82, 2.24) is 9.73 Å². The fourth-order valence-electron chi connectivity index (χ4n) is 4.28. The molecule has 0 bridgehead atoms. The summed E-state index contributed by atoms with van der Waals surface area (Å²) in [5.74, 6) is -0.189. The lowest BCUT2D eigenvalue weighted by Crippen LogP contribution is -2.53. The number of amides is 3. The Bertz CT molecular complexity index is 1610. The highest BCUT2D eigenvalue weighted by molar-refractivity contribution is 7.89. The van der Waals surface area contributed by atoms with Crippen LogP contribution in [0.4, 0.5) is 21.0 Å². The number of nitrogen functional groups attached to an aromatic ring is 1. The Balaban J connectivity index is 1.95. The van der Waals surface area contributed by atoms with Crippen molar-refractivity contribution in [3.8, 4) is 11.1 Å². The van der Waals surface area contributed by atoms with Gasteiger partial charge in [-0.15, -0.1) is 0 Å². The normalized spacial score (nSPS) is 11.9. The average molecular weight is 623 g/mol. The summed E-state index contributed by atoms with van der Waals surface area (Å²) in [6.45, 7) is 12.5. The maximum absolute atomic E-state index is 13.7. The van der Waals surface area contributed by atoms with Gasteiger partial charge in [0.05, 0.1) is 10.6 Å². The minimum atomic E-state index is -3.81. The number of carbonyl (C=O) groups is 2. The van der Waals surface area contributed by atoms with Gasteiger partial charge in [0.1, 0.15) is 11.4 Å². The maximum atomic E-state index is 13.7. The molecule has 0 radical (unpaired) electrons. The molecule has 44 heavy (non-hydrogen) atoms. The predicted molar refractivity (Wildman–Crippen MR) is 174 cm³/mol. The number of nitrogens with zero attached hydrogens (tertiary/aromatic N) is 2. The topological polar surface area (TPSA) is 158 Å². The van der Waals surface area contributed by atoms with Crippen molar-refractivity contribution in [3.63, 3.8) is 0 Å². The highest BCUT2D eigenvalue weighted by atomic mass is 32.2. The number of urea groups is 1. The maximum Gasteiger partial charge on any atom is 0.434 e. The standard InChI is InChI=1S/C32H42N6O5S/c1-8-20-37(38(30(40)43-32(5,6)7)25-13-11-12-23(21-25)28(33)34)29(39)35-24-18-16-22(17-19-24)26-14-9-10-15-27(26)44(41,42)36-31(2,3)4/h9-19,21,36H,8,20H2,1-7H3,(H3,33,34)(H,35,39). The van der Waals surface area contributed by atoms with E-state index in [-0.39, 0.29) is 17.3 Å². The Labute approximate surface area is 259 Å². The van der Waals surface area contributed by atoms with E-state index >= 15 is 0 Å². The molecule has 11 nitrogen and oxygen atoms in total. The van der Waals surface area contributed by atoms with Crippen LogP contribution in [0, 0.1) is 5.41 Å². The average Bonchev–Trinajstić information content (AvgIpc) is 2.91. The van der Waals surface area contributed by atoms with Crippen molar-refractivity contribution < 1.29 is 22.7 Å². The van der Waals surface area contributed by atoms with Gasteiger partial charge in [-0.05, 0) is 83.9 Å². The Morgan fingerprint density at radius 1 is 0.932 bits per heavy atom. The molecule has 0 aliphatic rings. The van der Waals surface area contributed by atoms with Crippen LogP contribution in [0.15, 0.2) is 77.7 Å². The van der Waals surface area contributed by atoms with E-state index in [2.05, 4.69) is 10.0 Å². The van der Waals surface area contributed by atoms with E-state index in [0.717, 1.165) is 5.01 Å². The van der Waals surface area contributed by atoms with Crippen molar-refractivity contribution in [3.05, 3.63) is 78.4 Å². The van der Waals surface area contributed by atoms with Gasteiger partial charge < -0.3 is 15.8 Å². The number of hydrogen-bond donors (Lipinski definition) is 4. The Morgan fingerprint density at radius 2 is 1.57 bits per heavy atom. The first-order valence-electron chi connectivity index (χ1n) is 14.2. The molecule has 3 amide bonds. The summed E-state index contributed by atoms with van der Waals surface area (Å²) < 4.78 is 34.6. The zero-order valence-electron chi connectivity index (χ0n) is 26.3. The van der Waals surface area contributed by atoms with Crippen LogP contribution in [0.2, 0.25) is 0 Å². The zero-order chi connectivity index (χ0) is 32.9. The summed E-state index contributed by atoms with van der Waals surface area (Å²) in [4.78, 5) is 27.3. The van der Waals surface area contributed by atoms with Gasteiger partial charge in [-0.25, -0.2) is 27.7 Å². The van der Waals surface area contributed by atoms with E-state index in [1.165, 1.54) is 11.1 Å². The third-order valence-electron chi connectivity index (χ3n) is 5.94. The number of ether oxygens (including phenoxy) is 1. The molecule has 0 aliphatic carbocycles. The van der Waals surface area contributed by atoms with Crippen molar-refractivity contribution in [1.29, 1.82) is 5.41 Å².